The average Bonchev–Trinajstić information content (AvgIpc) is 2.58. The Morgan fingerprint density at radius 3 is 2.52 bits per heavy atom. The fourth-order valence-corrected chi connectivity index (χ4v) is 2.51. The molecule has 2 aromatic rings. The number of phenols is 1. The summed E-state index contributed by atoms with van der Waals surface area (Å²) in [5.74, 6) is -1.31. The molecule has 0 bridgehead atoms. The lowest BCUT2D eigenvalue weighted by molar-refractivity contribution is -0.153. The smallest absolute Gasteiger partial charge is 0.422 e. The first kappa shape index (κ1) is 22.0. The van der Waals surface area contributed by atoms with Crippen LogP contribution in [0.2, 0.25) is 0 Å². The molecule has 0 spiro atoms. The van der Waals surface area contributed by atoms with Crippen LogP contribution in [0.5, 0.6) is 11.5 Å². The minimum atomic E-state index is -4.51. The van der Waals surface area contributed by atoms with Gasteiger partial charge in [0, 0.05) is 18.7 Å². The van der Waals surface area contributed by atoms with Crippen molar-refractivity contribution in [2.45, 2.75) is 33.0 Å². The maximum atomic E-state index is 12.4. The van der Waals surface area contributed by atoms with Gasteiger partial charge >= 0.3 is 6.18 Å². The Bertz CT molecular complexity index is 916. The van der Waals surface area contributed by atoms with Crippen molar-refractivity contribution in [3.63, 3.8) is 0 Å². The summed E-state index contributed by atoms with van der Waals surface area (Å²) >= 11 is 0. The molecular weight excluding hydrogens is 391 g/mol. The lowest BCUT2D eigenvalue weighted by atomic mass is 10.1. The predicted octanol–water partition coefficient (Wildman–Crippen LogP) is 3.49. The van der Waals surface area contributed by atoms with Gasteiger partial charge in [-0.15, -0.1) is 0 Å². The molecule has 1 aromatic carbocycles. The normalized spacial score (nSPS) is 12.2. The molecule has 0 radical (unpaired) electrons. The number of hydrogen-bond donors (Lipinski definition) is 3. The molecule has 0 saturated carbocycles. The molecule has 0 fully saturated rings. The van der Waals surface area contributed by atoms with Crippen LogP contribution >= 0.6 is 0 Å². The summed E-state index contributed by atoms with van der Waals surface area (Å²) < 4.78 is 41.1. The molecule has 29 heavy (non-hydrogen) atoms. The third-order valence-electron chi connectivity index (χ3n) is 3.74. The molecule has 10 heteroatoms. The first-order valence-electron chi connectivity index (χ1n) is 8.54. The van der Waals surface area contributed by atoms with Gasteiger partial charge in [-0.05, 0) is 43.7 Å². The number of phenolic OH excluding ortho intramolecular Hbond substituents is 1. The van der Waals surface area contributed by atoms with Crippen molar-refractivity contribution in [3.05, 3.63) is 47.2 Å². The first-order valence-corrected chi connectivity index (χ1v) is 8.54. The van der Waals surface area contributed by atoms with Gasteiger partial charge in [-0.1, -0.05) is 0 Å². The van der Waals surface area contributed by atoms with Crippen molar-refractivity contribution >= 4 is 17.6 Å². The number of aryl methyl sites for hydroxylation is 1. The predicted molar refractivity (Wildman–Crippen MR) is 98.8 cm³/mol. The fourth-order valence-electron chi connectivity index (χ4n) is 2.51. The maximum Gasteiger partial charge on any atom is 0.422 e. The summed E-state index contributed by atoms with van der Waals surface area (Å²) in [7, 11) is 0. The SMILES string of the molecule is CC(=O)Nc1cc(C(C)NC(=O)c2ccc(OCC(F)(F)F)cc2O)cc(C)n1. The number of ether oxygens (including phenoxy) is 1. The van der Waals surface area contributed by atoms with Crippen LogP contribution in [0.25, 0.3) is 0 Å². The molecule has 0 aliphatic carbocycles. The minimum Gasteiger partial charge on any atom is -0.507 e. The highest BCUT2D eigenvalue weighted by atomic mass is 19.4. The Hall–Kier alpha value is -3.30. The molecule has 0 aliphatic heterocycles. The summed E-state index contributed by atoms with van der Waals surface area (Å²) in [5.41, 5.74) is 1.17. The number of carbonyl (C=O) groups excluding carboxylic acids is 2. The molecule has 1 unspecified atom stereocenters. The van der Waals surface area contributed by atoms with E-state index >= 15 is 0 Å². The van der Waals surface area contributed by atoms with E-state index in [1.165, 1.54) is 13.0 Å². The number of hydrogen-bond acceptors (Lipinski definition) is 5. The van der Waals surface area contributed by atoms with Gasteiger partial charge in [-0.2, -0.15) is 13.2 Å². The van der Waals surface area contributed by atoms with Crippen molar-refractivity contribution in [3.8, 4) is 11.5 Å². The van der Waals surface area contributed by atoms with Crippen molar-refractivity contribution in [2.75, 3.05) is 11.9 Å². The third-order valence-corrected chi connectivity index (χ3v) is 3.74. The number of nitrogens with zero attached hydrogens (tertiary/aromatic N) is 1. The van der Waals surface area contributed by atoms with Crippen molar-refractivity contribution in [1.29, 1.82) is 0 Å². The van der Waals surface area contributed by atoms with Gasteiger partial charge in [0.1, 0.15) is 17.3 Å². The Morgan fingerprint density at radius 2 is 1.93 bits per heavy atom. The second-order valence-electron chi connectivity index (χ2n) is 6.39. The minimum absolute atomic E-state index is 0.121. The Labute approximate surface area is 164 Å². The summed E-state index contributed by atoms with van der Waals surface area (Å²) in [6, 6.07) is 6.10. The quantitative estimate of drug-likeness (QED) is 0.676. The number of aromatic nitrogens is 1. The maximum absolute atomic E-state index is 12.4. The lowest BCUT2D eigenvalue weighted by Crippen LogP contribution is -2.27. The number of rotatable bonds is 6. The van der Waals surface area contributed by atoms with Crippen LogP contribution in [0, 0.1) is 6.92 Å². The molecule has 1 heterocycles. The topological polar surface area (TPSA) is 101 Å². The van der Waals surface area contributed by atoms with Crippen LogP contribution < -0.4 is 15.4 Å². The van der Waals surface area contributed by atoms with Crippen LogP contribution in [-0.4, -0.2) is 34.7 Å². The summed E-state index contributed by atoms with van der Waals surface area (Å²) in [6.45, 7) is 3.27. The van der Waals surface area contributed by atoms with Crippen LogP contribution in [-0.2, 0) is 4.79 Å². The van der Waals surface area contributed by atoms with Gasteiger partial charge in [0.25, 0.3) is 5.91 Å². The average molecular weight is 411 g/mol. The number of aromatic hydroxyl groups is 1. The van der Waals surface area contributed by atoms with E-state index in [9.17, 15) is 27.9 Å². The van der Waals surface area contributed by atoms with E-state index in [2.05, 4.69) is 20.4 Å². The van der Waals surface area contributed by atoms with E-state index in [-0.39, 0.29) is 17.2 Å². The van der Waals surface area contributed by atoms with E-state index in [1.54, 1.807) is 26.0 Å². The van der Waals surface area contributed by atoms with Gasteiger partial charge in [0.2, 0.25) is 5.91 Å². The van der Waals surface area contributed by atoms with E-state index in [4.69, 9.17) is 0 Å². The first-order chi connectivity index (χ1) is 13.4. The molecule has 156 valence electrons. The summed E-state index contributed by atoms with van der Waals surface area (Å²) in [4.78, 5) is 27.8. The second-order valence-corrected chi connectivity index (χ2v) is 6.39. The van der Waals surface area contributed by atoms with Crippen LogP contribution in [0.1, 0.15) is 41.5 Å². The van der Waals surface area contributed by atoms with Gasteiger partial charge in [0.05, 0.1) is 11.6 Å². The number of pyridine rings is 1. The molecule has 7 nitrogen and oxygen atoms in total. The number of carbonyl (C=O) groups is 2. The highest BCUT2D eigenvalue weighted by Gasteiger charge is 2.28. The van der Waals surface area contributed by atoms with E-state index in [0.717, 1.165) is 12.1 Å². The number of halogens is 3. The molecule has 0 aliphatic rings. The van der Waals surface area contributed by atoms with Gasteiger partial charge in [0.15, 0.2) is 6.61 Å². The van der Waals surface area contributed by atoms with Crippen molar-refractivity contribution < 1.29 is 32.6 Å². The van der Waals surface area contributed by atoms with Gasteiger partial charge < -0.3 is 20.5 Å². The molecule has 2 amide bonds. The van der Waals surface area contributed by atoms with Crippen LogP contribution in [0.3, 0.4) is 0 Å². The molecule has 0 saturated heterocycles. The van der Waals surface area contributed by atoms with Crippen molar-refractivity contribution in [1.82, 2.24) is 10.3 Å². The van der Waals surface area contributed by atoms with E-state index < -0.39 is 30.5 Å². The Morgan fingerprint density at radius 1 is 1.24 bits per heavy atom. The zero-order valence-corrected chi connectivity index (χ0v) is 15.9. The zero-order chi connectivity index (χ0) is 21.8. The molecular formula is C19H20F3N3O4. The molecule has 1 atom stereocenters. The van der Waals surface area contributed by atoms with Gasteiger partial charge in [-0.25, -0.2) is 4.98 Å². The highest BCUT2D eigenvalue weighted by Crippen LogP contribution is 2.26. The summed E-state index contributed by atoms with van der Waals surface area (Å²) in [5, 5.41) is 15.2. The lowest BCUT2D eigenvalue weighted by Gasteiger charge is -2.17. The van der Waals surface area contributed by atoms with Crippen LogP contribution in [0.4, 0.5) is 19.0 Å². The second kappa shape index (κ2) is 8.80. The molecule has 1 aromatic heterocycles. The fraction of sp³-hybridized carbons (Fsp3) is 0.316. The van der Waals surface area contributed by atoms with Gasteiger partial charge in [-0.3, -0.25) is 9.59 Å². The molecule has 2 rings (SSSR count). The monoisotopic (exact) mass is 411 g/mol. The van der Waals surface area contributed by atoms with Crippen LogP contribution in [0.15, 0.2) is 30.3 Å². The van der Waals surface area contributed by atoms with Crippen molar-refractivity contribution in [2.24, 2.45) is 0 Å². The number of alkyl halides is 3. The van der Waals surface area contributed by atoms with E-state index in [0.29, 0.717) is 17.1 Å². The summed E-state index contributed by atoms with van der Waals surface area (Å²) in [6.07, 6.45) is -4.51. The Balaban J connectivity index is 2.11. The third kappa shape index (κ3) is 6.66. The largest absolute Gasteiger partial charge is 0.507 e. The highest BCUT2D eigenvalue weighted by molar-refractivity contribution is 5.97. The standard InChI is InChI=1S/C19H20F3N3O4/c1-10-6-13(7-17(23-10)25-12(3)26)11(2)24-18(28)15-5-4-14(8-16(15)27)29-9-19(20,21)22/h4-8,11,27H,9H2,1-3H3,(H,24,28)(H,23,25,26). The number of benzene rings is 1. The number of amides is 2. The Kier molecular flexibility index (Phi) is 6.68. The zero-order valence-electron chi connectivity index (χ0n) is 15.9. The van der Waals surface area contributed by atoms with E-state index in [1.807, 2.05) is 0 Å². The number of anilines is 1. The molecule has 3 N–H and O–H groups in total. The number of nitrogens with one attached hydrogen (secondary N) is 2.